The van der Waals surface area contributed by atoms with Crippen LogP contribution in [-0.2, 0) is 0 Å². The van der Waals surface area contributed by atoms with E-state index in [4.69, 9.17) is 4.74 Å². The van der Waals surface area contributed by atoms with E-state index in [0.717, 1.165) is 12.2 Å². The maximum Gasteiger partial charge on any atom is 0.252 e. The SMILES string of the molecule is CCNc1nc(Oc2cc(C)[nH]n2)c2[nH]cnc2n1. The minimum Gasteiger partial charge on any atom is -0.417 e. The molecule has 3 rings (SSSR count). The second kappa shape index (κ2) is 4.56. The monoisotopic (exact) mass is 259 g/mol. The van der Waals surface area contributed by atoms with E-state index >= 15 is 0 Å². The molecule has 0 aliphatic heterocycles. The van der Waals surface area contributed by atoms with E-state index in [1.807, 2.05) is 13.8 Å². The van der Waals surface area contributed by atoms with Crippen LogP contribution in [0, 0.1) is 6.92 Å². The van der Waals surface area contributed by atoms with Crippen LogP contribution in [0.4, 0.5) is 5.95 Å². The minimum atomic E-state index is 0.393. The smallest absolute Gasteiger partial charge is 0.252 e. The topological polar surface area (TPSA) is 104 Å². The Morgan fingerprint density at radius 2 is 2.26 bits per heavy atom. The zero-order valence-corrected chi connectivity index (χ0v) is 10.6. The average molecular weight is 259 g/mol. The molecule has 0 radical (unpaired) electrons. The summed E-state index contributed by atoms with van der Waals surface area (Å²) in [5, 5.41) is 9.86. The third kappa shape index (κ3) is 2.19. The largest absolute Gasteiger partial charge is 0.417 e. The van der Waals surface area contributed by atoms with Gasteiger partial charge in [0.05, 0.1) is 6.33 Å². The van der Waals surface area contributed by atoms with Crippen molar-refractivity contribution in [1.82, 2.24) is 30.1 Å². The van der Waals surface area contributed by atoms with Crippen molar-refractivity contribution in [2.75, 3.05) is 11.9 Å². The fourth-order valence-electron chi connectivity index (χ4n) is 1.66. The Morgan fingerprint density at radius 3 is 3.00 bits per heavy atom. The molecule has 3 aromatic rings. The number of ether oxygens (including phenoxy) is 1. The summed E-state index contributed by atoms with van der Waals surface area (Å²) in [7, 11) is 0. The van der Waals surface area contributed by atoms with E-state index in [0.29, 0.717) is 28.9 Å². The number of anilines is 1. The van der Waals surface area contributed by atoms with Gasteiger partial charge in [-0.1, -0.05) is 0 Å². The van der Waals surface area contributed by atoms with Gasteiger partial charge in [0.1, 0.15) is 5.52 Å². The molecule has 98 valence electrons. The Labute approximate surface area is 108 Å². The van der Waals surface area contributed by atoms with Gasteiger partial charge in [-0.2, -0.15) is 9.97 Å². The van der Waals surface area contributed by atoms with Crippen LogP contribution in [0.5, 0.6) is 11.8 Å². The van der Waals surface area contributed by atoms with Crippen molar-refractivity contribution in [1.29, 1.82) is 0 Å². The summed E-state index contributed by atoms with van der Waals surface area (Å²) in [6.45, 7) is 4.59. The lowest BCUT2D eigenvalue weighted by Crippen LogP contribution is -2.03. The van der Waals surface area contributed by atoms with Gasteiger partial charge in [0.25, 0.3) is 5.88 Å². The number of rotatable bonds is 4. The molecule has 0 atom stereocenters. The van der Waals surface area contributed by atoms with Gasteiger partial charge in [-0.15, -0.1) is 5.10 Å². The molecule has 8 nitrogen and oxygen atoms in total. The van der Waals surface area contributed by atoms with Gasteiger partial charge in [-0.3, -0.25) is 5.10 Å². The molecule has 19 heavy (non-hydrogen) atoms. The van der Waals surface area contributed by atoms with Crippen molar-refractivity contribution in [2.24, 2.45) is 0 Å². The number of nitrogens with one attached hydrogen (secondary N) is 3. The first kappa shape index (κ1) is 11.5. The quantitative estimate of drug-likeness (QED) is 0.657. The van der Waals surface area contributed by atoms with Crippen molar-refractivity contribution in [3.05, 3.63) is 18.1 Å². The van der Waals surface area contributed by atoms with Crippen molar-refractivity contribution in [3.63, 3.8) is 0 Å². The number of fused-ring (bicyclic) bond motifs is 1. The Morgan fingerprint density at radius 1 is 1.37 bits per heavy atom. The number of imidazole rings is 1. The van der Waals surface area contributed by atoms with E-state index < -0.39 is 0 Å². The molecule has 3 heterocycles. The Hall–Kier alpha value is -2.64. The second-order valence-corrected chi connectivity index (χ2v) is 3.98. The first-order valence-electron chi connectivity index (χ1n) is 5.91. The maximum atomic E-state index is 5.65. The molecule has 0 aliphatic rings. The lowest BCUT2D eigenvalue weighted by atomic mass is 10.5. The molecule has 0 saturated heterocycles. The van der Waals surface area contributed by atoms with E-state index in [-0.39, 0.29) is 0 Å². The fraction of sp³-hybridized carbons (Fsp3) is 0.273. The highest BCUT2D eigenvalue weighted by molar-refractivity contribution is 5.77. The number of hydrogen-bond donors (Lipinski definition) is 3. The maximum absolute atomic E-state index is 5.65. The van der Waals surface area contributed by atoms with E-state index in [2.05, 4.69) is 35.5 Å². The molecule has 0 aliphatic carbocycles. The van der Waals surface area contributed by atoms with Crippen LogP contribution >= 0.6 is 0 Å². The molecule has 3 aromatic heterocycles. The van der Waals surface area contributed by atoms with E-state index in [1.165, 1.54) is 0 Å². The second-order valence-electron chi connectivity index (χ2n) is 3.98. The third-order valence-electron chi connectivity index (χ3n) is 2.47. The summed E-state index contributed by atoms with van der Waals surface area (Å²) >= 11 is 0. The van der Waals surface area contributed by atoms with Crippen LogP contribution in [0.25, 0.3) is 11.2 Å². The average Bonchev–Trinajstić information content (AvgIpc) is 2.99. The lowest BCUT2D eigenvalue weighted by Gasteiger charge is -2.05. The normalized spacial score (nSPS) is 10.8. The molecule has 0 spiro atoms. The van der Waals surface area contributed by atoms with Gasteiger partial charge in [-0.25, -0.2) is 4.98 Å². The van der Waals surface area contributed by atoms with E-state index in [9.17, 15) is 0 Å². The summed E-state index contributed by atoms with van der Waals surface area (Å²) in [5.41, 5.74) is 2.10. The first-order chi connectivity index (χ1) is 9.26. The number of aromatic amines is 2. The Bertz CT molecular complexity index is 702. The molecular weight excluding hydrogens is 246 g/mol. The summed E-state index contributed by atoms with van der Waals surface area (Å²) in [6.07, 6.45) is 1.55. The van der Waals surface area contributed by atoms with Crippen LogP contribution in [0.1, 0.15) is 12.6 Å². The third-order valence-corrected chi connectivity index (χ3v) is 2.47. The van der Waals surface area contributed by atoms with Gasteiger partial charge in [-0.05, 0) is 13.8 Å². The van der Waals surface area contributed by atoms with Crippen molar-refractivity contribution >= 4 is 17.1 Å². The molecule has 0 amide bonds. The van der Waals surface area contributed by atoms with Gasteiger partial charge < -0.3 is 15.0 Å². The molecular formula is C11H13N7O. The Balaban J connectivity index is 2.02. The van der Waals surface area contributed by atoms with Crippen molar-refractivity contribution in [3.8, 4) is 11.8 Å². The van der Waals surface area contributed by atoms with Gasteiger partial charge in [0, 0.05) is 18.3 Å². The van der Waals surface area contributed by atoms with Crippen LogP contribution < -0.4 is 10.1 Å². The Kier molecular flexibility index (Phi) is 2.75. The predicted molar refractivity (Wildman–Crippen MR) is 69.2 cm³/mol. The van der Waals surface area contributed by atoms with Gasteiger partial charge in [0.2, 0.25) is 11.8 Å². The van der Waals surface area contributed by atoms with Crippen molar-refractivity contribution in [2.45, 2.75) is 13.8 Å². The fourth-order valence-corrected chi connectivity index (χ4v) is 1.66. The highest BCUT2D eigenvalue weighted by Gasteiger charge is 2.12. The minimum absolute atomic E-state index is 0.393. The van der Waals surface area contributed by atoms with Crippen molar-refractivity contribution < 1.29 is 4.74 Å². The van der Waals surface area contributed by atoms with Crippen LogP contribution in [0.15, 0.2) is 12.4 Å². The van der Waals surface area contributed by atoms with Crippen LogP contribution in [0.3, 0.4) is 0 Å². The summed E-state index contributed by atoms with van der Waals surface area (Å²) in [5.74, 6) is 1.32. The number of hydrogen-bond acceptors (Lipinski definition) is 6. The standard InChI is InChI=1S/C11H13N7O/c1-3-12-11-15-9-8(13-5-14-9)10(16-11)19-7-4-6(2)17-18-7/h4-5H,3H2,1-2H3,(H,17,18)(H2,12,13,14,15,16). The van der Waals surface area contributed by atoms with Gasteiger partial charge in [0.15, 0.2) is 5.65 Å². The van der Waals surface area contributed by atoms with Crippen LogP contribution in [0.2, 0.25) is 0 Å². The summed E-state index contributed by atoms with van der Waals surface area (Å²) in [6, 6.07) is 1.79. The summed E-state index contributed by atoms with van der Waals surface area (Å²) < 4.78 is 5.65. The number of aryl methyl sites for hydroxylation is 1. The molecule has 3 N–H and O–H groups in total. The number of nitrogens with zero attached hydrogens (tertiary/aromatic N) is 4. The molecule has 0 bridgehead atoms. The van der Waals surface area contributed by atoms with E-state index in [1.54, 1.807) is 12.4 Å². The highest BCUT2D eigenvalue weighted by Crippen LogP contribution is 2.25. The molecule has 8 heteroatoms. The van der Waals surface area contributed by atoms with Crippen LogP contribution in [-0.4, -0.2) is 36.7 Å². The first-order valence-corrected chi connectivity index (χ1v) is 5.91. The summed E-state index contributed by atoms with van der Waals surface area (Å²) in [4.78, 5) is 15.6. The number of aromatic nitrogens is 6. The van der Waals surface area contributed by atoms with Gasteiger partial charge >= 0.3 is 0 Å². The molecule has 0 unspecified atom stereocenters. The molecule has 0 saturated carbocycles. The lowest BCUT2D eigenvalue weighted by molar-refractivity contribution is 0.448. The zero-order chi connectivity index (χ0) is 13.2. The predicted octanol–water partition coefficient (Wildman–Crippen LogP) is 1.61. The molecule has 0 aromatic carbocycles. The zero-order valence-electron chi connectivity index (χ0n) is 10.6. The number of H-pyrrole nitrogens is 2. The highest BCUT2D eigenvalue weighted by atomic mass is 16.5. The molecule has 0 fully saturated rings.